The van der Waals surface area contributed by atoms with E-state index in [0.717, 1.165) is 0 Å². The number of halogens is 2. The smallest absolute Gasteiger partial charge is 0.395 e. The second-order valence-corrected chi connectivity index (χ2v) is 8.20. The number of carbonyl (C=O) groups is 1. The third kappa shape index (κ3) is 3.91. The Bertz CT molecular complexity index is 1330. The number of nitrogens with zero attached hydrogens (tertiary/aromatic N) is 5. The van der Waals surface area contributed by atoms with Crippen molar-refractivity contribution in [1.29, 1.82) is 5.26 Å². The first kappa shape index (κ1) is 21.8. The van der Waals surface area contributed by atoms with Crippen molar-refractivity contribution in [2.45, 2.75) is 38.9 Å². The van der Waals surface area contributed by atoms with Crippen molar-refractivity contribution in [2.75, 3.05) is 13.1 Å². The van der Waals surface area contributed by atoms with Crippen molar-refractivity contribution < 1.29 is 27.6 Å². The number of benzene rings is 1. The lowest BCUT2D eigenvalue weighted by atomic mass is 9.95. The molecule has 0 bridgehead atoms. The Morgan fingerprint density at radius 1 is 1.15 bits per heavy atom. The maximum atomic E-state index is 13.4. The zero-order valence-electron chi connectivity index (χ0n) is 18.3. The minimum absolute atomic E-state index is 0.102. The van der Waals surface area contributed by atoms with Crippen molar-refractivity contribution in [1.82, 2.24) is 20.0 Å². The van der Waals surface area contributed by atoms with Crippen molar-refractivity contribution >= 4 is 5.91 Å². The predicted octanol–water partition coefficient (Wildman–Crippen LogP) is 3.96. The van der Waals surface area contributed by atoms with E-state index in [-0.39, 0.29) is 34.6 Å². The fourth-order valence-electron chi connectivity index (χ4n) is 4.22. The van der Waals surface area contributed by atoms with Crippen LogP contribution in [0.25, 0.3) is 11.3 Å². The van der Waals surface area contributed by atoms with Gasteiger partial charge in [0.2, 0.25) is 5.89 Å². The summed E-state index contributed by atoms with van der Waals surface area (Å²) in [4.78, 5) is 23.7. The number of rotatable bonds is 3. The number of hydrogen-bond donors (Lipinski definition) is 0. The molecule has 0 saturated carbocycles. The zero-order valence-corrected chi connectivity index (χ0v) is 18.3. The molecule has 1 amide bonds. The summed E-state index contributed by atoms with van der Waals surface area (Å²) in [6, 6.07) is 7.73. The zero-order chi connectivity index (χ0) is 24.0. The summed E-state index contributed by atoms with van der Waals surface area (Å²) in [7, 11) is 0. The van der Waals surface area contributed by atoms with Crippen molar-refractivity contribution in [2.24, 2.45) is 0 Å². The van der Waals surface area contributed by atoms with E-state index in [4.69, 9.17) is 4.52 Å². The standard InChI is InChI=1S/C23H19F2N5O4/c1-12-17(22(31)30-7-5-14(6-8-30)21-28-13(2)34-29-21)9-16(11-26)20(27-12)15-3-4-18-19(10-15)33-23(24,25)32-18/h3-4,9-10,14H,5-8H2,1-2H3. The van der Waals surface area contributed by atoms with Crippen LogP contribution in [0, 0.1) is 25.2 Å². The van der Waals surface area contributed by atoms with Crippen LogP contribution in [0.3, 0.4) is 0 Å². The maximum absolute atomic E-state index is 13.4. The minimum atomic E-state index is -3.74. The van der Waals surface area contributed by atoms with Gasteiger partial charge in [0.05, 0.1) is 22.5 Å². The molecule has 1 fully saturated rings. The van der Waals surface area contributed by atoms with Crippen LogP contribution in [0.2, 0.25) is 0 Å². The molecule has 2 aromatic heterocycles. The number of pyridine rings is 1. The maximum Gasteiger partial charge on any atom is 0.586 e. The van der Waals surface area contributed by atoms with Gasteiger partial charge in [0.1, 0.15) is 6.07 Å². The molecule has 1 aromatic carbocycles. The monoisotopic (exact) mass is 467 g/mol. The summed E-state index contributed by atoms with van der Waals surface area (Å²) in [5.41, 5.74) is 1.57. The summed E-state index contributed by atoms with van der Waals surface area (Å²) in [6.45, 7) is 4.43. The summed E-state index contributed by atoms with van der Waals surface area (Å²) < 4.78 is 40.7. The van der Waals surface area contributed by atoms with Crippen LogP contribution in [0.15, 0.2) is 28.8 Å². The molecular formula is C23H19F2N5O4. The first-order valence-electron chi connectivity index (χ1n) is 10.7. The Morgan fingerprint density at radius 2 is 1.88 bits per heavy atom. The predicted molar refractivity (Wildman–Crippen MR) is 112 cm³/mol. The van der Waals surface area contributed by atoms with Crippen LogP contribution in [0.5, 0.6) is 11.5 Å². The van der Waals surface area contributed by atoms with Gasteiger partial charge < -0.3 is 18.9 Å². The molecule has 1 saturated heterocycles. The fourth-order valence-corrected chi connectivity index (χ4v) is 4.22. The van der Waals surface area contributed by atoms with Gasteiger partial charge >= 0.3 is 6.29 Å². The number of aromatic nitrogens is 3. The summed E-state index contributed by atoms with van der Waals surface area (Å²) in [6.07, 6.45) is -2.35. The number of fused-ring (bicyclic) bond motifs is 1. The molecule has 0 spiro atoms. The van der Waals surface area contributed by atoms with Crippen LogP contribution in [-0.2, 0) is 0 Å². The summed E-state index contributed by atoms with van der Waals surface area (Å²) in [5, 5.41) is 13.7. The SMILES string of the molecule is Cc1nc(C2CCN(C(=O)c3cc(C#N)c(-c4ccc5c(c4)OC(F)(F)O5)nc3C)CC2)no1. The molecule has 0 aliphatic carbocycles. The molecular weight excluding hydrogens is 448 g/mol. The van der Waals surface area contributed by atoms with Gasteiger partial charge in [0.25, 0.3) is 5.91 Å². The van der Waals surface area contributed by atoms with Gasteiger partial charge in [-0.25, -0.2) is 0 Å². The quantitative estimate of drug-likeness (QED) is 0.569. The average molecular weight is 467 g/mol. The van der Waals surface area contributed by atoms with E-state index >= 15 is 0 Å². The Morgan fingerprint density at radius 3 is 2.56 bits per heavy atom. The van der Waals surface area contributed by atoms with Crippen LogP contribution >= 0.6 is 0 Å². The highest BCUT2D eigenvalue weighted by atomic mass is 19.3. The largest absolute Gasteiger partial charge is 0.586 e. The molecule has 3 aromatic rings. The van der Waals surface area contributed by atoms with E-state index in [1.54, 1.807) is 18.7 Å². The van der Waals surface area contributed by atoms with Crippen molar-refractivity contribution in [3.63, 3.8) is 0 Å². The first-order chi connectivity index (χ1) is 16.2. The van der Waals surface area contributed by atoms with Crippen LogP contribution in [-0.4, -0.2) is 45.3 Å². The van der Waals surface area contributed by atoms with Gasteiger partial charge in [-0.1, -0.05) is 5.16 Å². The molecule has 11 heteroatoms. The second-order valence-electron chi connectivity index (χ2n) is 8.20. The average Bonchev–Trinajstić information content (AvgIpc) is 3.39. The third-order valence-corrected chi connectivity index (χ3v) is 5.93. The van der Waals surface area contributed by atoms with Crippen LogP contribution in [0.1, 0.15) is 52.1 Å². The molecule has 9 nitrogen and oxygen atoms in total. The highest BCUT2D eigenvalue weighted by Crippen LogP contribution is 2.43. The van der Waals surface area contributed by atoms with Gasteiger partial charge in [-0.05, 0) is 44.0 Å². The first-order valence-corrected chi connectivity index (χ1v) is 10.7. The third-order valence-electron chi connectivity index (χ3n) is 5.93. The van der Waals surface area contributed by atoms with E-state index in [1.165, 1.54) is 24.3 Å². The number of aryl methyl sites for hydroxylation is 2. The van der Waals surface area contributed by atoms with Crippen molar-refractivity contribution in [3.8, 4) is 28.8 Å². The Balaban J connectivity index is 1.37. The van der Waals surface area contributed by atoms with E-state index in [0.29, 0.717) is 54.5 Å². The van der Waals surface area contributed by atoms with Crippen LogP contribution in [0.4, 0.5) is 8.78 Å². The lowest BCUT2D eigenvalue weighted by Gasteiger charge is -2.31. The second kappa shape index (κ2) is 8.06. The lowest BCUT2D eigenvalue weighted by Crippen LogP contribution is -2.38. The van der Waals surface area contributed by atoms with Gasteiger partial charge in [0.15, 0.2) is 17.3 Å². The topological polar surface area (TPSA) is 114 Å². The Labute approximate surface area is 192 Å². The molecule has 34 heavy (non-hydrogen) atoms. The van der Waals surface area contributed by atoms with Gasteiger partial charge in [-0.3, -0.25) is 9.78 Å². The lowest BCUT2D eigenvalue weighted by molar-refractivity contribution is -0.286. The Kier molecular flexibility index (Phi) is 5.16. The van der Waals surface area contributed by atoms with E-state index in [9.17, 15) is 18.8 Å². The number of hydrogen-bond acceptors (Lipinski definition) is 8. The van der Waals surface area contributed by atoms with Gasteiger partial charge in [0, 0.05) is 31.5 Å². The molecule has 2 aliphatic heterocycles. The van der Waals surface area contributed by atoms with E-state index in [1.807, 2.05) is 0 Å². The van der Waals surface area contributed by atoms with Gasteiger partial charge in [-0.15, -0.1) is 8.78 Å². The molecule has 0 N–H and O–H groups in total. The molecule has 2 aliphatic rings. The number of nitriles is 1. The number of carbonyl (C=O) groups excluding carboxylic acids is 1. The van der Waals surface area contributed by atoms with E-state index < -0.39 is 6.29 Å². The molecule has 5 rings (SSSR count). The summed E-state index contributed by atoms with van der Waals surface area (Å²) in [5.74, 6) is 0.814. The number of amides is 1. The molecule has 4 heterocycles. The molecule has 0 unspecified atom stereocenters. The van der Waals surface area contributed by atoms with E-state index in [2.05, 4.69) is 30.7 Å². The highest BCUT2D eigenvalue weighted by Gasteiger charge is 2.43. The number of alkyl halides is 2. The normalized spacial score (nSPS) is 17.0. The molecule has 0 radical (unpaired) electrons. The molecule has 0 atom stereocenters. The molecule has 174 valence electrons. The fraction of sp³-hybridized carbons (Fsp3) is 0.348. The summed E-state index contributed by atoms with van der Waals surface area (Å²) >= 11 is 0. The van der Waals surface area contributed by atoms with Gasteiger partial charge in [-0.2, -0.15) is 10.2 Å². The number of ether oxygens (including phenoxy) is 2. The minimum Gasteiger partial charge on any atom is -0.395 e. The highest BCUT2D eigenvalue weighted by molar-refractivity contribution is 5.96. The van der Waals surface area contributed by atoms with Crippen molar-refractivity contribution in [3.05, 3.63) is 52.8 Å². The number of likely N-dealkylation sites (tertiary alicyclic amines) is 1. The van der Waals surface area contributed by atoms with Crippen LogP contribution < -0.4 is 9.47 Å². The Hall–Kier alpha value is -4.07. The number of piperidine rings is 1.